The van der Waals surface area contributed by atoms with Crippen LogP contribution in [-0.2, 0) is 28.2 Å². The van der Waals surface area contributed by atoms with Crippen LogP contribution >= 0.6 is 0 Å². The highest BCUT2D eigenvalue weighted by molar-refractivity contribution is 7.91. The summed E-state index contributed by atoms with van der Waals surface area (Å²) < 4.78 is 30.9. The molecule has 2 heterocycles. The van der Waals surface area contributed by atoms with E-state index in [2.05, 4.69) is 4.98 Å². The Morgan fingerprint density at radius 1 is 1.65 bits per heavy atom. The highest BCUT2D eigenvalue weighted by atomic mass is 32.2. The van der Waals surface area contributed by atoms with Gasteiger partial charge < -0.3 is 14.4 Å². The average Bonchev–Trinajstić information content (AvgIpc) is 2.86. The Labute approximate surface area is 100 Å². The van der Waals surface area contributed by atoms with Crippen LogP contribution in [0, 0.1) is 0 Å². The summed E-state index contributed by atoms with van der Waals surface area (Å²) in [7, 11) is -1.86. The first-order valence-corrected chi connectivity index (χ1v) is 7.15. The molecule has 1 N–H and O–H groups in total. The van der Waals surface area contributed by atoms with Gasteiger partial charge in [0.25, 0.3) is 0 Å². The van der Waals surface area contributed by atoms with E-state index >= 15 is 0 Å². The number of hydrogen-bond donors (Lipinski definition) is 1. The molecule has 0 saturated carbocycles. The molecule has 1 aliphatic heterocycles. The number of aliphatic hydroxyl groups excluding tert-OH is 1. The molecule has 0 aromatic carbocycles. The second-order valence-electron chi connectivity index (χ2n) is 4.17. The van der Waals surface area contributed by atoms with Crippen LogP contribution < -0.4 is 0 Å². The fourth-order valence-corrected chi connectivity index (χ4v) is 3.61. The molecule has 6 nitrogen and oxygen atoms in total. The van der Waals surface area contributed by atoms with E-state index in [9.17, 15) is 8.42 Å². The van der Waals surface area contributed by atoms with Crippen molar-refractivity contribution in [1.29, 1.82) is 0 Å². The lowest BCUT2D eigenvalue weighted by Crippen LogP contribution is -2.22. The molecule has 1 aromatic rings. The quantitative estimate of drug-likeness (QED) is 0.815. The molecule has 0 spiro atoms. The molecule has 1 aromatic heterocycles. The van der Waals surface area contributed by atoms with Gasteiger partial charge in [0.2, 0.25) is 15.0 Å². The molecular weight excluding hydrogens is 244 g/mol. The van der Waals surface area contributed by atoms with E-state index in [1.54, 1.807) is 7.05 Å². The lowest BCUT2D eigenvalue weighted by atomic mass is 10.3. The van der Waals surface area contributed by atoms with Crippen LogP contribution in [-0.4, -0.2) is 41.5 Å². The minimum Gasteiger partial charge on any atom is -0.390 e. The maximum atomic E-state index is 12.1. The number of aliphatic hydroxyl groups is 1. The predicted molar refractivity (Wildman–Crippen MR) is 60.2 cm³/mol. The van der Waals surface area contributed by atoms with Gasteiger partial charge in [-0.05, 0) is 12.8 Å². The molecule has 7 heteroatoms. The number of hydrogen-bond acceptors (Lipinski definition) is 5. The largest absolute Gasteiger partial charge is 0.390 e. The molecule has 2 rings (SSSR count). The van der Waals surface area contributed by atoms with Crippen LogP contribution in [0.1, 0.15) is 18.5 Å². The molecule has 1 unspecified atom stereocenters. The Kier molecular flexibility index (Phi) is 3.50. The first-order valence-electron chi connectivity index (χ1n) is 5.50. The number of nitrogens with zero attached hydrogens (tertiary/aromatic N) is 2. The van der Waals surface area contributed by atoms with Gasteiger partial charge in [-0.3, -0.25) is 0 Å². The molecule has 1 fully saturated rings. The third-order valence-electron chi connectivity index (χ3n) is 2.91. The highest BCUT2D eigenvalue weighted by Crippen LogP contribution is 2.18. The summed E-state index contributed by atoms with van der Waals surface area (Å²) in [6.07, 6.45) is 2.83. The topological polar surface area (TPSA) is 81.4 Å². The van der Waals surface area contributed by atoms with Crippen LogP contribution in [0.3, 0.4) is 0 Å². The number of ether oxygens (including phenoxy) is 1. The number of sulfone groups is 1. The van der Waals surface area contributed by atoms with Crippen molar-refractivity contribution in [3.8, 4) is 0 Å². The Hall–Kier alpha value is -0.920. The summed E-state index contributed by atoms with van der Waals surface area (Å²) in [6.45, 7) is 0.404. The Bertz CT molecular complexity index is 488. The van der Waals surface area contributed by atoms with E-state index in [0.717, 1.165) is 12.8 Å². The third-order valence-corrected chi connectivity index (χ3v) is 4.66. The van der Waals surface area contributed by atoms with Crippen molar-refractivity contribution in [2.24, 2.45) is 7.05 Å². The van der Waals surface area contributed by atoms with E-state index in [4.69, 9.17) is 9.84 Å². The number of imidazole rings is 1. The Morgan fingerprint density at radius 3 is 2.94 bits per heavy atom. The van der Waals surface area contributed by atoms with E-state index in [-0.39, 0.29) is 23.6 Å². The van der Waals surface area contributed by atoms with E-state index < -0.39 is 9.84 Å². The molecule has 1 aliphatic rings. The van der Waals surface area contributed by atoms with Gasteiger partial charge >= 0.3 is 0 Å². The van der Waals surface area contributed by atoms with Crippen LogP contribution in [0.4, 0.5) is 0 Å². The molecule has 0 radical (unpaired) electrons. The van der Waals surface area contributed by atoms with Crippen molar-refractivity contribution in [2.45, 2.75) is 30.7 Å². The van der Waals surface area contributed by atoms with Gasteiger partial charge in [-0.1, -0.05) is 0 Å². The minimum atomic E-state index is -3.45. The fourth-order valence-electron chi connectivity index (χ4n) is 1.96. The average molecular weight is 260 g/mol. The Morgan fingerprint density at radius 2 is 2.41 bits per heavy atom. The molecule has 96 valence electrons. The molecule has 17 heavy (non-hydrogen) atoms. The number of aromatic nitrogens is 2. The third kappa shape index (κ3) is 2.51. The van der Waals surface area contributed by atoms with E-state index in [1.807, 2.05) is 0 Å². The predicted octanol–water partition coefficient (Wildman–Crippen LogP) is -0.135. The van der Waals surface area contributed by atoms with Gasteiger partial charge in [0, 0.05) is 13.7 Å². The summed E-state index contributed by atoms with van der Waals surface area (Å²) in [5, 5.41) is 9.00. The van der Waals surface area contributed by atoms with E-state index in [1.165, 1.54) is 10.8 Å². The van der Waals surface area contributed by atoms with Gasteiger partial charge in [-0.15, -0.1) is 0 Å². The van der Waals surface area contributed by atoms with Gasteiger partial charge in [-0.25, -0.2) is 13.4 Å². The normalized spacial score (nSPS) is 20.9. The summed E-state index contributed by atoms with van der Waals surface area (Å²) >= 11 is 0. The van der Waals surface area contributed by atoms with Crippen LogP contribution in [0.2, 0.25) is 0 Å². The SMILES string of the molecule is Cn1c(CO)cnc1S(=O)(=O)CC1CCCO1. The minimum absolute atomic E-state index is 0.00273. The van der Waals surface area contributed by atoms with Crippen molar-refractivity contribution in [3.63, 3.8) is 0 Å². The highest BCUT2D eigenvalue weighted by Gasteiger charge is 2.28. The lowest BCUT2D eigenvalue weighted by molar-refractivity contribution is 0.127. The van der Waals surface area contributed by atoms with Crippen molar-refractivity contribution in [3.05, 3.63) is 11.9 Å². The van der Waals surface area contributed by atoms with Crippen molar-refractivity contribution < 1.29 is 18.3 Å². The molecular formula is C10H16N2O4S. The standard InChI is InChI=1S/C10H16N2O4S/c1-12-8(6-13)5-11-10(12)17(14,15)7-9-3-2-4-16-9/h5,9,13H,2-4,6-7H2,1H3. The maximum absolute atomic E-state index is 12.1. The zero-order chi connectivity index (χ0) is 12.5. The molecule has 0 amide bonds. The van der Waals surface area contributed by atoms with Gasteiger partial charge in [0.15, 0.2) is 0 Å². The van der Waals surface area contributed by atoms with Gasteiger partial charge in [0.1, 0.15) is 0 Å². The summed E-state index contributed by atoms with van der Waals surface area (Å²) in [4.78, 5) is 3.86. The second kappa shape index (κ2) is 4.75. The molecule has 1 atom stereocenters. The summed E-state index contributed by atoms with van der Waals surface area (Å²) in [5.41, 5.74) is 0.482. The molecule has 1 saturated heterocycles. The van der Waals surface area contributed by atoms with Crippen molar-refractivity contribution in [1.82, 2.24) is 9.55 Å². The monoisotopic (exact) mass is 260 g/mol. The van der Waals surface area contributed by atoms with Crippen LogP contribution in [0.15, 0.2) is 11.4 Å². The van der Waals surface area contributed by atoms with Crippen LogP contribution in [0.5, 0.6) is 0 Å². The van der Waals surface area contributed by atoms with Gasteiger partial charge in [0.05, 0.1) is 30.4 Å². The zero-order valence-electron chi connectivity index (χ0n) is 9.66. The Balaban J connectivity index is 2.21. The number of rotatable bonds is 4. The smallest absolute Gasteiger partial charge is 0.227 e. The zero-order valence-corrected chi connectivity index (χ0v) is 10.5. The second-order valence-corrected chi connectivity index (χ2v) is 6.09. The van der Waals surface area contributed by atoms with Gasteiger partial charge in [-0.2, -0.15) is 0 Å². The summed E-state index contributed by atoms with van der Waals surface area (Å²) in [5.74, 6) is -0.0390. The van der Waals surface area contributed by atoms with Crippen molar-refractivity contribution >= 4 is 9.84 Å². The van der Waals surface area contributed by atoms with Crippen LogP contribution in [0.25, 0.3) is 0 Å². The van der Waals surface area contributed by atoms with E-state index in [0.29, 0.717) is 12.3 Å². The lowest BCUT2D eigenvalue weighted by Gasteiger charge is -2.10. The first kappa shape index (κ1) is 12.5. The van der Waals surface area contributed by atoms with Crippen molar-refractivity contribution in [2.75, 3.05) is 12.4 Å². The molecule has 0 aliphatic carbocycles. The molecule has 0 bridgehead atoms. The maximum Gasteiger partial charge on any atom is 0.227 e. The fraction of sp³-hybridized carbons (Fsp3) is 0.700. The summed E-state index contributed by atoms with van der Waals surface area (Å²) in [6, 6.07) is 0. The first-order chi connectivity index (χ1) is 8.04.